The maximum atomic E-state index is 11.3. The number of rotatable bonds is 4. The minimum atomic E-state index is -0.699. The first-order valence-corrected chi connectivity index (χ1v) is 7.61. The van der Waals surface area contributed by atoms with Crippen molar-refractivity contribution in [1.29, 1.82) is 0 Å². The van der Waals surface area contributed by atoms with E-state index >= 15 is 0 Å². The first-order valence-electron chi connectivity index (χ1n) is 6.79. The molecule has 1 saturated heterocycles. The fourth-order valence-electron chi connectivity index (χ4n) is 2.66. The van der Waals surface area contributed by atoms with E-state index in [9.17, 15) is 9.90 Å². The minimum absolute atomic E-state index is 0.332. The van der Waals surface area contributed by atoms with Crippen LogP contribution in [0.2, 0.25) is 0 Å². The summed E-state index contributed by atoms with van der Waals surface area (Å²) in [5.41, 5.74) is 1.01. The molecule has 0 saturated carbocycles. The molecule has 106 valence electrons. The third-order valence-corrected chi connectivity index (χ3v) is 4.79. The average molecular weight is 291 g/mol. The topological polar surface area (TPSA) is 69.2 Å². The van der Waals surface area contributed by atoms with E-state index in [0.717, 1.165) is 42.9 Å². The lowest BCUT2D eigenvalue weighted by atomic mass is 10.0. The van der Waals surface area contributed by atoms with Gasteiger partial charge < -0.3 is 5.11 Å². The third kappa shape index (κ3) is 2.76. The van der Waals surface area contributed by atoms with Gasteiger partial charge in [0.05, 0.1) is 10.6 Å². The number of aromatic nitrogens is 2. The van der Waals surface area contributed by atoms with Crippen LogP contribution in [0.3, 0.4) is 0 Å². The molecule has 0 aliphatic carbocycles. The lowest BCUT2D eigenvalue weighted by molar-refractivity contribution is -0.144. The molecular weight excluding hydrogens is 274 g/mol. The van der Waals surface area contributed by atoms with Gasteiger partial charge in [-0.2, -0.15) is 5.10 Å². The smallest absolute Gasteiger partial charge is 0.320 e. The monoisotopic (exact) mass is 291 g/mol. The van der Waals surface area contributed by atoms with Gasteiger partial charge in [-0.3, -0.25) is 14.8 Å². The molecule has 3 rings (SSSR count). The predicted octanol–water partition coefficient (Wildman–Crippen LogP) is 2.58. The highest BCUT2D eigenvalue weighted by Crippen LogP contribution is 2.29. The first-order chi connectivity index (χ1) is 9.74. The highest BCUT2D eigenvalue weighted by atomic mass is 32.1. The Labute approximate surface area is 121 Å². The zero-order valence-electron chi connectivity index (χ0n) is 11.1. The lowest BCUT2D eigenvalue weighted by Crippen LogP contribution is -2.43. The van der Waals surface area contributed by atoms with Crippen LogP contribution in [-0.4, -0.2) is 38.8 Å². The van der Waals surface area contributed by atoms with E-state index in [2.05, 4.69) is 27.2 Å². The number of carboxylic acids is 1. The molecule has 0 bridgehead atoms. The van der Waals surface area contributed by atoms with Crippen molar-refractivity contribution >= 4 is 17.3 Å². The highest BCUT2D eigenvalue weighted by Gasteiger charge is 2.28. The number of carboxylic acid groups (broad SMARTS) is 1. The van der Waals surface area contributed by atoms with Gasteiger partial charge in [0, 0.05) is 17.6 Å². The molecule has 0 radical (unpaired) electrons. The van der Waals surface area contributed by atoms with Crippen LogP contribution >= 0.6 is 11.3 Å². The van der Waals surface area contributed by atoms with Gasteiger partial charge in [-0.25, -0.2) is 0 Å². The summed E-state index contributed by atoms with van der Waals surface area (Å²) in [5, 5.41) is 16.2. The summed E-state index contributed by atoms with van der Waals surface area (Å²) in [4.78, 5) is 15.7. The molecule has 6 heteroatoms. The Morgan fingerprint density at radius 1 is 1.45 bits per heavy atom. The van der Waals surface area contributed by atoms with Gasteiger partial charge in [0.15, 0.2) is 0 Å². The number of H-pyrrole nitrogens is 1. The lowest BCUT2D eigenvalue weighted by Gasteiger charge is -2.32. The fraction of sp³-hybridized carbons (Fsp3) is 0.429. The Bertz CT molecular complexity index is 579. The third-order valence-electron chi connectivity index (χ3n) is 3.69. The van der Waals surface area contributed by atoms with Gasteiger partial charge in [-0.1, -0.05) is 6.42 Å². The largest absolute Gasteiger partial charge is 0.480 e. The number of aromatic amines is 1. The molecule has 3 heterocycles. The van der Waals surface area contributed by atoms with Gasteiger partial charge in [-0.05, 0) is 37.6 Å². The molecule has 5 nitrogen and oxygen atoms in total. The van der Waals surface area contributed by atoms with Crippen LogP contribution in [0.5, 0.6) is 0 Å². The van der Waals surface area contributed by atoms with Crippen molar-refractivity contribution in [3.63, 3.8) is 0 Å². The standard InChI is InChI=1S/C14H17N3O2S/c18-14(19)12-3-1-2-8-17(12)9-10-4-5-13(20-10)11-6-7-15-16-11/h4-7,12H,1-3,8-9H2,(H,15,16)(H,18,19). The van der Waals surface area contributed by atoms with Crippen LogP contribution in [0, 0.1) is 0 Å². The fourth-order valence-corrected chi connectivity index (χ4v) is 3.67. The van der Waals surface area contributed by atoms with Crippen molar-refractivity contribution in [1.82, 2.24) is 15.1 Å². The Morgan fingerprint density at radius 3 is 3.10 bits per heavy atom. The summed E-state index contributed by atoms with van der Waals surface area (Å²) in [6, 6.07) is 5.75. The molecule has 2 aromatic rings. The van der Waals surface area contributed by atoms with Gasteiger partial charge >= 0.3 is 5.97 Å². The van der Waals surface area contributed by atoms with Gasteiger partial charge in [0.1, 0.15) is 6.04 Å². The molecule has 2 aromatic heterocycles. The molecule has 0 spiro atoms. The van der Waals surface area contributed by atoms with E-state index in [1.807, 2.05) is 6.07 Å². The Balaban J connectivity index is 1.72. The van der Waals surface area contributed by atoms with E-state index in [-0.39, 0.29) is 6.04 Å². The summed E-state index contributed by atoms with van der Waals surface area (Å²) in [7, 11) is 0. The van der Waals surface area contributed by atoms with Crippen LogP contribution in [0.4, 0.5) is 0 Å². The molecule has 1 unspecified atom stereocenters. The Kier molecular flexibility index (Phi) is 3.84. The molecule has 1 fully saturated rings. The van der Waals surface area contributed by atoms with Crippen LogP contribution in [0.15, 0.2) is 24.4 Å². The Hall–Kier alpha value is -1.66. The molecular formula is C14H17N3O2S. The van der Waals surface area contributed by atoms with Crippen molar-refractivity contribution in [3.05, 3.63) is 29.3 Å². The SMILES string of the molecule is O=C(O)C1CCCCN1Cc1ccc(-c2ccn[nH]2)s1. The van der Waals surface area contributed by atoms with Crippen molar-refractivity contribution in [2.75, 3.05) is 6.54 Å². The Morgan fingerprint density at radius 2 is 2.35 bits per heavy atom. The summed E-state index contributed by atoms with van der Waals surface area (Å²) in [6.45, 7) is 1.59. The summed E-state index contributed by atoms with van der Waals surface area (Å²) in [6.07, 6.45) is 4.59. The minimum Gasteiger partial charge on any atom is -0.480 e. The van der Waals surface area contributed by atoms with E-state index in [4.69, 9.17) is 0 Å². The summed E-state index contributed by atoms with van der Waals surface area (Å²) in [5.74, 6) is -0.699. The zero-order valence-corrected chi connectivity index (χ0v) is 11.9. The van der Waals surface area contributed by atoms with E-state index in [1.54, 1.807) is 17.5 Å². The van der Waals surface area contributed by atoms with E-state index in [0.29, 0.717) is 0 Å². The normalized spacial score (nSPS) is 20.1. The molecule has 20 heavy (non-hydrogen) atoms. The second-order valence-electron chi connectivity index (χ2n) is 5.06. The van der Waals surface area contributed by atoms with E-state index < -0.39 is 5.97 Å². The molecule has 1 aliphatic rings. The average Bonchev–Trinajstić information content (AvgIpc) is 3.09. The number of nitrogens with one attached hydrogen (secondary N) is 1. The summed E-state index contributed by atoms with van der Waals surface area (Å²) >= 11 is 1.69. The van der Waals surface area contributed by atoms with Crippen molar-refractivity contribution in [3.8, 4) is 10.6 Å². The van der Waals surface area contributed by atoms with Gasteiger partial charge in [0.25, 0.3) is 0 Å². The molecule has 0 amide bonds. The number of carbonyl (C=O) groups is 1. The first kappa shape index (κ1) is 13.3. The maximum absolute atomic E-state index is 11.3. The second-order valence-corrected chi connectivity index (χ2v) is 6.22. The predicted molar refractivity (Wildman–Crippen MR) is 77.6 cm³/mol. The zero-order chi connectivity index (χ0) is 13.9. The number of thiophene rings is 1. The van der Waals surface area contributed by atoms with Crippen LogP contribution in [-0.2, 0) is 11.3 Å². The van der Waals surface area contributed by atoms with Gasteiger partial charge in [0.2, 0.25) is 0 Å². The number of aliphatic carboxylic acids is 1. The molecule has 1 atom stereocenters. The number of hydrogen-bond donors (Lipinski definition) is 2. The summed E-state index contributed by atoms with van der Waals surface area (Å²) < 4.78 is 0. The highest BCUT2D eigenvalue weighted by molar-refractivity contribution is 7.15. The van der Waals surface area contributed by atoms with Crippen molar-refractivity contribution in [2.45, 2.75) is 31.8 Å². The van der Waals surface area contributed by atoms with Gasteiger partial charge in [-0.15, -0.1) is 11.3 Å². The van der Waals surface area contributed by atoms with E-state index in [1.165, 1.54) is 4.88 Å². The second kappa shape index (κ2) is 5.76. The number of hydrogen-bond acceptors (Lipinski definition) is 4. The maximum Gasteiger partial charge on any atom is 0.320 e. The molecule has 1 aliphatic heterocycles. The van der Waals surface area contributed by atoms with Crippen LogP contribution in [0.1, 0.15) is 24.1 Å². The van der Waals surface area contributed by atoms with Crippen molar-refractivity contribution < 1.29 is 9.90 Å². The quantitative estimate of drug-likeness (QED) is 0.908. The molecule has 2 N–H and O–H groups in total. The number of piperidine rings is 1. The molecule has 0 aromatic carbocycles. The number of nitrogens with zero attached hydrogens (tertiary/aromatic N) is 2. The van der Waals surface area contributed by atoms with Crippen molar-refractivity contribution in [2.24, 2.45) is 0 Å². The van der Waals surface area contributed by atoms with Crippen LogP contribution in [0.25, 0.3) is 10.6 Å². The van der Waals surface area contributed by atoms with Crippen LogP contribution < -0.4 is 0 Å². The number of likely N-dealkylation sites (tertiary alicyclic amines) is 1.